The van der Waals surface area contributed by atoms with E-state index in [1.165, 1.54) is 0 Å². The lowest BCUT2D eigenvalue weighted by atomic mass is 10.1. The van der Waals surface area contributed by atoms with Crippen LogP contribution in [0.4, 0.5) is 11.4 Å². The number of carbonyl (C=O) groups excluding carboxylic acids is 1. The summed E-state index contributed by atoms with van der Waals surface area (Å²) in [7, 11) is 3.76. The predicted octanol–water partition coefficient (Wildman–Crippen LogP) is 3.00. The van der Waals surface area contributed by atoms with Gasteiger partial charge in [0.1, 0.15) is 6.61 Å². The van der Waals surface area contributed by atoms with Gasteiger partial charge in [0, 0.05) is 19.8 Å². The van der Waals surface area contributed by atoms with E-state index in [0.717, 1.165) is 16.8 Å². The Morgan fingerprint density at radius 2 is 1.90 bits per heavy atom. The third-order valence-electron chi connectivity index (χ3n) is 3.34. The van der Waals surface area contributed by atoms with Crippen LogP contribution in [0, 0.1) is 6.92 Å². The molecule has 110 valence electrons. The van der Waals surface area contributed by atoms with E-state index >= 15 is 0 Å². The van der Waals surface area contributed by atoms with E-state index in [-0.39, 0.29) is 12.6 Å². The van der Waals surface area contributed by atoms with Gasteiger partial charge in [-0.15, -0.1) is 0 Å². The highest BCUT2D eigenvalue weighted by Crippen LogP contribution is 2.23. The molecule has 0 aliphatic carbocycles. The number of aryl methyl sites for hydroxylation is 1. The quantitative estimate of drug-likeness (QED) is 0.692. The summed E-state index contributed by atoms with van der Waals surface area (Å²) in [5, 5.41) is 0. The highest BCUT2D eigenvalue weighted by atomic mass is 16.5. The predicted molar refractivity (Wildman–Crippen MR) is 85.5 cm³/mol. The number of nitrogens with two attached hydrogens (primary N) is 1. The van der Waals surface area contributed by atoms with Crippen molar-refractivity contribution in [3.63, 3.8) is 0 Å². The van der Waals surface area contributed by atoms with Crippen molar-refractivity contribution in [2.24, 2.45) is 0 Å². The van der Waals surface area contributed by atoms with Gasteiger partial charge in [0.05, 0.1) is 11.3 Å². The fraction of sp³-hybridized carbons (Fsp3) is 0.235. The van der Waals surface area contributed by atoms with Crippen LogP contribution < -0.4 is 10.6 Å². The van der Waals surface area contributed by atoms with Crippen LogP contribution in [0.15, 0.2) is 42.5 Å². The van der Waals surface area contributed by atoms with Crippen LogP contribution in [-0.2, 0) is 11.3 Å². The Kier molecular flexibility index (Phi) is 4.48. The maximum absolute atomic E-state index is 12.3. The maximum Gasteiger partial charge on any atom is 0.340 e. The van der Waals surface area contributed by atoms with E-state index in [9.17, 15) is 4.79 Å². The molecule has 0 bridgehead atoms. The van der Waals surface area contributed by atoms with Gasteiger partial charge in [-0.05, 0) is 36.2 Å². The summed E-state index contributed by atoms with van der Waals surface area (Å²) in [6.45, 7) is 2.25. The van der Waals surface area contributed by atoms with Crippen molar-refractivity contribution in [1.29, 1.82) is 0 Å². The van der Waals surface area contributed by atoms with Crippen molar-refractivity contribution in [2.45, 2.75) is 13.5 Å². The lowest BCUT2D eigenvalue weighted by Gasteiger charge is -2.17. The monoisotopic (exact) mass is 284 g/mol. The summed E-state index contributed by atoms with van der Waals surface area (Å²) >= 11 is 0. The summed E-state index contributed by atoms with van der Waals surface area (Å²) in [5.41, 5.74) is 9.69. The van der Waals surface area contributed by atoms with Gasteiger partial charge in [0.15, 0.2) is 0 Å². The molecule has 0 radical (unpaired) electrons. The minimum Gasteiger partial charge on any atom is -0.457 e. The molecule has 0 atom stereocenters. The molecule has 0 saturated carbocycles. The third kappa shape index (κ3) is 3.54. The van der Waals surface area contributed by atoms with Gasteiger partial charge in [0.25, 0.3) is 0 Å². The zero-order valence-corrected chi connectivity index (χ0v) is 12.6. The Morgan fingerprint density at radius 1 is 1.19 bits per heavy atom. The minimum atomic E-state index is -0.366. The van der Waals surface area contributed by atoms with Crippen LogP contribution in [0.25, 0.3) is 0 Å². The van der Waals surface area contributed by atoms with Crippen LogP contribution >= 0.6 is 0 Å². The van der Waals surface area contributed by atoms with Crippen molar-refractivity contribution < 1.29 is 9.53 Å². The van der Waals surface area contributed by atoms with E-state index in [0.29, 0.717) is 11.3 Å². The molecule has 0 fully saturated rings. The fourth-order valence-electron chi connectivity index (χ4n) is 2.10. The molecule has 0 aromatic heterocycles. The van der Waals surface area contributed by atoms with Crippen LogP contribution in [0.5, 0.6) is 0 Å². The van der Waals surface area contributed by atoms with Crippen molar-refractivity contribution in [1.82, 2.24) is 0 Å². The second kappa shape index (κ2) is 6.31. The molecule has 0 aliphatic heterocycles. The summed E-state index contributed by atoms with van der Waals surface area (Å²) in [6, 6.07) is 13.1. The number of anilines is 2. The van der Waals surface area contributed by atoms with Gasteiger partial charge in [-0.3, -0.25) is 0 Å². The number of rotatable bonds is 4. The van der Waals surface area contributed by atoms with E-state index in [2.05, 4.69) is 0 Å². The van der Waals surface area contributed by atoms with Gasteiger partial charge in [-0.25, -0.2) is 4.79 Å². The van der Waals surface area contributed by atoms with Gasteiger partial charge < -0.3 is 15.4 Å². The molecular weight excluding hydrogens is 264 g/mol. The van der Waals surface area contributed by atoms with Crippen molar-refractivity contribution in [3.05, 3.63) is 59.2 Å². The summed E-state index contributed by atoms with van der Waals surface area (Å²) in [5.74, 6) is -0.366. The lowest BCUT2D eigenvalue weighted by Crippen LogP contribution is -2.16. The Hall–Kier alpha value is -2.49. The number of hydrogen-bond acceptors (Lipinski definition) is 4. The highest BCUT2D eigenvalue weighted by molar-refractivity contribution is 5.96. The van der Waals surface area contributed by atoms with Crippen LogP contribution in [0.1, 0.15) is 21.5 Å². The second-order valence-corrected chi connectivity index (χ2v) is 5.17. The van der Waals surface area contributed by atoms with Crippen molar-refractivity contribution >= 4 is 17.3 Å². The molecule has 4 heteroatoms. The lowest BCUT2D eigenvalue weighted by molar-refractivity contribution is 0.0473. The van der Waals surface area contributed by atoms with Crippen LogP contribution in [0.2, 0.25) is 0 Å². The SMILES string of the molecule is Cc1ccccc1COC(=O)c1cc(N)ccc1N(C)C. The molecule has 0 heterocycles. The molecule has 0 amide bonds. The number of benzene rings is 2. The Morgan fingerprint density at radius 3 is 2.57 bits per heavy atom. The van der Waals surface area contributed by atoms with Gasteiger partial charge >= 0.3 is 5.97 Å². The van der Waals surface area contributed by atoms with Gasteiger partial charge in [-0.1, -0.05) is 24.3 Å². The van der Waals surface area contributed by atoms with Gasteiger partial charge in [0.2, 0.25) is 0 Å². The first kappa shape index (κ1) is 14.9. The number of carbonyl (C=O) groups is 1. The Labute approximate surface area is 125 Å². The number of nitrogen functional groups attached to an aromatic ring is 1. The zero-order chi connectivity index (χ0) is 15.4. The number of esters is 1. The largest absolute Gasteiger partial charge is 0.457 e. The smallest absolute Gasteiger partial charge is 0.340 e. The van der Waals surface area contributed by atoms with Crippen molar-refractivity contribution in [2.75, 3.05) is 24.7 Å². The molecule has 4 nitrogen and oxygen atoms in total. The van der Waals surface area contributed by atoms with Crippen LogP contribution in [0.3, 0.4) is 0 Å². The van der Waals surface area contributed by atoms with E-state index in [1.807, 2.05) is 56.3 Å². The van der Waals surface area contributed by atoms with E-state index in [1.54, 1.807) is 12.1 Å². The molecule has 0 spiro atoms. The Balaban J connectivity index is 2.17. The number of hydrogen-bond donors (Lipinski definition) is 1. The third-order valence-corrected chi connectivity index (χ3v) is 3.34. The fourth-order valence-corrected chi connectivity index (χ4v) is 2.10. The molecular formula is C17H20N2O2. The first-order valence-electron chi connectivity index (χ1n) is 6.77. The first-order chi connectivity index (χ1) is 9.99. The molecule has 2 N–H and O–H groups in total. The standard InChI is InChI=1S/C17H20N2O2/c1-12-6-4-5-7-13(12)11-21-17(20)15-10-14(18)8-9-16(15)19(2)3/h4-10H,11,18H2,1-3H3. The zero-order valence-electron chi connectivity index (χ0n) is 12.6. The number of ether oxygens (including phenoxy) is 1. The summed E-state index contributed by atoms with van der Waals surface area (Å²) in [6.07, 6.45) is 0. The topological polar surface area (TPSA) is 55.6 Å². The average molecular weight is 284 g/mol. The highest BCUT2D eigenvalue weighted by Gasteiger charge is 2.15. The minimum absolute atomic E-state index is 0.257. The van der Waals surface area contributed by atoms with Crippen LogP contribution in [-0.4, -0.2) is 20.1 Å². The molecule has 0 aliphatic rings. The maximum atomic E-state index is 12.3. The molecule has 2 rings (SSSR count). The second-order valence-electron chi connectivity index (χ2n) is 5.17. The van der Waals surface area contributed by atoms with Gasteiger partial charge in [-0.2, -0.15) is 0 Å². The average Bonchev–Trinajstić information content (AvgIpc) is 2.45. The molecule has 0 saturated heterocycles. The number of nitrogens with zero attached hydrogens (tertiary/aromatic N) is 1. The molecule has 0 unspecified atom stereocenters. The van der Waals surface area contributed by atoms with E-state index < -0.39 is 0 Å². The van der Waals surface area contributed by atoms with Crippen molar-refractivity contribution in [3.8, 4) is 0 Å². The molecule has 21 heavy (non-hydrogen) atoms. The normalized spacial score (nSPS) is 10.2. The van der Waals surface area contributed by atoms with E-state index in [4.69, 9.17) is 10.5 Å². The molecule has 2 aromatic carbocycles. The summed E-state index contributed by atoms with van der Waals surface area (Å²) < 4.78 is 5.42. The molecule has 2 aromatic rings. The summed E-state index contributed by atoms with van der Waals surface area (Å²) in [4.78, 5) is 14.2. The first-order valence-corrected chi connectivity index (χ1v) is 6.77. The Bertz CT molecular complexity index is 651.